The van der Waals surface area contributed by atoms with E-state index in [1.807, 2.05) is 0 Å². The lowest BCUT2D eigenvalue weighted by Crippen LogP contribution is -2.50. The van der Waals surface area contributed by atoms with Crippen molar-refractivity contribution in [2.75, 3.05) is 5.73 Å². The molecule has 1 aromatic rings. The Morgan fingerprint density at radius 3 is 2.30 bits per heavy atom. The van der Waals surface area contributed by atoms with E-state index < -0.39 is 0 Å². The summed E-state index contributed by atoms with van der Waals surface area (Å²) in [7, 11) is 0. The lowest BCUT2D eigenvalue weighted by atomic mass is 9.49. The zero-order chi connectivity index (χ0) is 13.3. The van der Waals surface area contributed by atoms with E-state index in [4.69, 9.17) is 10.7 Å². The molecular formula is C17H25N3. The molecule has 3 nitrogen and oxygen atoms in total. The summed E-state index contributed by atoms with van der Waals surface area (Å²) >= 11 is 0. The van der Waals surface area contributed by atoms with Crippen LogP contribution in [0, 0.1) is 17.8 Å². The standard InChI is InChI=1S/C17H25N3/c18-15-14-3-1-2-4-20(14)16(19-15)17-8-11-5-12(9-17)7-13(6-11)10-17/h11-13H,1-10,18H2. The lowest BCUT2D eigenvalue weighted by Gasteiger charge is -2.56. The maximum Gasteiger partial charge on any atom is 0.145 e. The molecule has 1 aromatic heterocycles. The van der Waals surface area contributed by atoms with Crippen LogP contribution in [0.15, 0.2) is 0 Å². The van der Waals surface area contributed by atoms with Crippen LogP contribution in [-0.4, -0.2) is 9.55 Å². The number of anilines is 1. The van der Waals surface area contributed by atoms with Gasteiger partial charge in [0.05, 0.1) is 5.69 Å². The Morgan fingerprint density at radius 1 is 1.00 bits per heavy atom. The van der Waals surface area contributed by atoms with Gasteiger partial charge >= 0.3 is 0 Å². The second-order valence-corrected chi connectivity index (χ2v) is 8.07. The van der Waals surface area contributed by atoms with Crippen molar-refractivity contribution < 1.29 is 0 Å². The second kappa shape index (κ2) is 3.80. The van der Waals surface area contributed by atoms with Gasteiger partial charge in [-0.1, -0.05) is 0 Å². The second-order valence-electron chi connectivity index (χ2n) is 8.07. The average Bonchev–Trinajstić information content (AvgIpc) is 2.76. The Labute approximate surface area is 120 Å². The number of nitrogens with zero attached hydrogens (tertiary/aromatic N) is 2. The first-order chi connectivity index (χ1) is 9.73. The molecule has 0 aromatic carbocycles. The summed E-state index contributed by atoms with van der Waals surface area (Å²) in [4.78, 5) is 4.92. The van der Waals surface area contributed by atoms with Gasteiger partial charge in [0, 0.05) is 12.0 Å². The van der Waals surface area contributed by atoms with E-state index in [1.165, 1.54) is 62.9 Å². The van der Waals surface area contributed by atoms with Gasteiger partial charge in [0.15, 0.2) is 0 Å². The topological polar surface area (TPSA) is 43.8 Å². The number of fused-ring (bicyclic) bond motifs is 1. The summed E-state index contributed by atoms with van der Waals surface area (Å²) in [6, 6.07) is 0. The van der Waals surface area contributed by atoms with E-state index in [1.54, 1.807) is 0 Å². The molecule has 5 aliphatic rings. The summed E-state index contributed by atoms with van der Waals surface area (Å²) in [5.41, 5.74) is 8.00. The van der Waals surface area contributed by atoms with Gasteiger partial charge in [-0.05, 0) is 75.5 Å². The molecule has 4 bridgehead atoms. The molecule has 0 atom stereocenters. The van der Waals surface area contributed by atoms with Crippen LogP contribution in [0.25, 0.3) is 0 Å². The predicted octanol–water partition coefficient (Wildman–Crippen LogP) is 3.27. The molecule has 4 saturated carbocycles. The average molecular weight is 271 g/mol. The molecule has 0 spiro atoms. The van der Waals surface area contributed by atoms with Crippen LogP contribution in [0.2, 0.25) is 0 Å². The van der Waals surface area contributed by atoms with E-state index in [0.717, 1.165) is 36.5 Å². The predicted molar refractivity (Wildman–Crippen MR) is 79.4 cm³/mol. The summed E-state index contributed by atoms with van der Waals surface area (Å²) in [6.07, 6.45) is 12.4. The molecule has 4 aliphatic carbocycles. The zero-order valence-electron chi connectivity index (χ0n) is 12.3. The first-order valence-corrected chi connectivity index (χ1v) is 8.59. The number of imidazole rings is 1. The largest absolute Gasteiger partial charge is 0.382 e. The molecule has 20 heavy (non-hydrogen) atoms. The smallest absolute Gasteiger partial charge is 0.145 e. The summed E-state index contributed by atoms with van der Waals surface area (Å²) < 4.78 is 2.53. The number of rotatable bonds is 1. The first kappa shape index (κ1) is 11.6. The highest BCUT2D eigenvalue weighted by atomic mass is 15.1. The normalized spacial score (nSPS) is 41.9. The van der Waals surface area contributed by atoms with Crippen LogP contribution < -0.4 is 5.73 Å². The van der Waals surface area contributed by atoms with Gasteiger partial charge < -0.3 is 10.3 Å². The molecule has 0 amide bonds. The van der Waals surface area contributed by atoms with Crippen LogP contribution in [0.4, 0.5) is 5.82 Å². The fraction of sp³-hybridized carbons (Fsp3) is 0.824. The van der Waals surface area contributed by atoms with Gasteiger partial charge in [-0.2, -0.15) is 0 Å². The zero-order valence-corrected chi connectivity index (χ0v) is 12.3. The molecule has 2 heterocycles. The van der Waals surface area contributed by atoms with E-state index in [2.05, 4.69) is 4.57 Å². The molecule has 4 fully saturated rings. The molecule has 0 radical (unpaired) electrons. The number of nitrogens with two attached hydrogens (primary N) is 1. The SMILES string of the molecule is Nc1nc(C23CC4CC(CC(C4)C2)C3)n2c1CCCC2. The molecule has 108 valence electrons. The Balaban J connectivity index is 1.63. The van der Waals surface area contributed by atoms with Crippen LogP contribution in [0.3, 0.4) is 0 Å². The van der Waals surface area contributed by atoms with Crippen molar-refractivity contribution in [1.29, 1.82) is 0 Å². The van der Waals surface area contributed by atoms with Gasteiger partial charge in [-0.15, -0.1) is 0 Å². The Hall–Kier alpha value is -0.990. The molecule has 0 unspecified atom stereocenters. The molecule has 0 saturated heterocycles. The van der Waals surface area contributed by atoms with Crippen molar-refractivity contribution >= 4 is 5.82 Å². The van der Waals surface area contributed by atoms with Crippen molar-refractivity contribution in [3.05, 3.63) is 11.5 Å². The van der Waals surface area contributed by atoms with Crippen molar-refractivity contribution in [2.24, 2.45) is 17.8 Å². The third-order valence-electron chi connectivity index (χ3n) is 6.66. The third kappa shape index (κ3) is 1.44. The Kier molecular flexibility index (Phi) is 2.22. The van der Waals surface area contributed by atoms with Crippen molar-refractivity contribution in [3.8, 4) is 0 Å². The molecule has 1 aliphatic heterocycles. The van der Waals surface area contributed by atoms with Crippen molar-refractivity contribution in [2.45, 2.75) is 69.7 Å². The maximum absolute atomic E-state index is 6.25. The van der Waals surface area contributed by atoms with E-state index >= 15 is 0 Å². The maximum atomic E-state index is 6.25. The molecular weight excluding hydrogens is 246 g/mol. The minimum Gasteiger partial charge on any atom is -0.382 e. The van der Waals surface area contributed by atoms with E-state index in [9.17, 15) is 0 Å². The first-order valence-electron chi connectivity index (χ1n) is 8.59. The van der Waals surface area contributed by atoms with Gasteiger partial charge in [0.25, 0.3) is 0 Å². The minimum absolute atomic E-state index is 0.401. The molecule has 6 rings (SSSR count). The van der Waals surface area contributed by atoms with E-state index in [-0.39, 0.29) is 0 Å². The highest BCUT2D eigenvalue weighted by molar-refractivity contribution is 5.40. The number of nitrogen functional groups attached to an aromatic ring is 1. The van der Waals surface area contributed by atoms with Gasteiger partial charge in [0.1, 0.15) is 11.6 Å². The number of aromatic nitrogens is 2. The van der Waals surface area contributed by atoms with Crippen molar-refractivity contribution in [3.63, 3.8) is 0 Å². The third-order valence-corrected chi connectivity index (χ3v) is 6.66. The highest BCUT2D eigenvalue weighted by Gasteiger charge is 2.53. The molecule has 3 heteroatoms. The monoisotopic (exact) mass is 271 g/mol. The Bertz CT molecular complexity index is 522. The van der Waals surface area contributed by atoms with Crippen LogP contribution in [-0.2, 0) is 18.4 Å². The molecule has 2 N–H and O–H groups in total. The summed E-state index contributed by atoms with van der Waals surface area (Å²) in [6.45, 7) is 1.16. The van der Waals surface area contributed by atoms with Gasteiger partial charge in [-0.3, -0.25) is 0 Å². The Morgan fingerprint density at radius 2 is 1.65 bits per heavy atom. The van der Waals surface area contributed by atoms with Gasteiger partial charge in [-0.25, -0.2) is 4.98 Å². The lowest BCUT2D eigenvalue weighted by molar-refractivity contribution is -0.0112. The van der Waals surface area contributed by atoms with Crippen LogP contribution >= 0.6 is 0 Å². The minimum atomic E-state index is 0.401. The summed E-state index contributed by atoms with van der Waals surface area (Å²) in [5.74, 6) is 5.19. The number of hydrogen-bond acceptors (Lipinski definition) is 2. The van der Waals surface area contributed by atoms with Crippen LogP contribution in [0.1, 0.15) is 62.9 Å². The quantitative estimate of drug-likeness (QED) is 0.852. The summed E-state index contributed by atoms with van der Waals surface area (Å²) in [5, 5.41) is 0. The van der Waals surface area contributed by atoms with Crippen LogP contribution in [0.5, 0.6) is 0 Å². The highest BCUT2D eigenvalue weighted by Crippen LogP contribution is 2.60. The van der Waals surface area contributed by atoms with Gasteiger partial charge in [0.2, 0.25) is 0 Å². The van der Waals surface area contributed by atoms with E-state index in [0.29, 0.717) is 5.41 Å². The van der Waals surface area contributed by atoms with Crippen molar-refractivity contribution in [1.82, 2.24) is 9.55 Å². The number of hydrogen-bond donors (Lipinski definition) is 1. The fourth-order valence-electron chi connectivity index (χ4n) is 6.36. The fourth-order valence-corrected chi connectivity index (χ4v) is 6.36.